The van der Waals surface area contributed by atoms with E-state index in [0.717, 1.165) is 41.5 Å². The highest BCUT2D eigenvalue weighted by molar-refractivity contribution is 5.98. The maximum atomic E-state index is 13.7. The first kappa shape index (κ1) is 33.0. The van der Waals surface area contributed by atoms with E-state index in [4.69, 9.17) is 14.5 Å². The molecule has 1 heterocycles. The summed E-state index contributed by atoms with van der Waals surface area (Å²) >= 11 is 0. The summed E-state index contributed by atoms with van der Waals surface area (Å²) < 4.78 is 12.2. The van der Waals surface area contributed by atoms with Gasteiger partial charge in [-0.25, -0.2) is 4.98 Å². The Bertz CT molecular complexity index is 1680. The van der Waals surface area contributed by atoms with Gasteiger partial charge in [0.2, 0.25) is 0 Å². The molecule has 0 bridgehead atoms. The minimum atomic E-state index is -1.01. The van der Waals surface area contributed by atoms with Crippen molar-refractivity contribution in [3.05, 3.63) is 95.3 Å². The highest BCUT2D eigenvalue weighted by Gasteiger charge is 2.23. The Kier molecular flexibility index (Phi) is 9.71. The Morgan fingerprint density at radius 2 is 1.50 bits per heavy atom. The number of nitrogens with one attached hydrogen (secondary N) is 1. The third kappa shape index (κ3) is 8.65. The average molecular weight is 623 g/mol. The molecule has 0 aliphatic heterocycles. The molecule has 0 radical (unpaired) electrons. The van der Waals surface area contributed by atoms with E-state index in [0.29, 0.717) is 23.0 Å². The molecule has 1 aliphatic rings. The van der Waals surface area contributed by atoms with Crippen molar-refractivity contribution in [2.24, 2.45) is 5.92 Å². The number of amides is 1. The number of carboxylic acid groups (broad SMARTS) is 1. The van der Waals surface area contributed by atoms with Gasteiger partial charge in [-0.2, -0.15) is 0 Å². The third-order valence-corrected chi connectivity index (χ3v) is 8.42. The van der Waals surface area contributed by atoms with Gasteiger partial charge in [-0.1, -0.05) is 76.8 Å². The second kappa shape index (κ2) is 13.5. The molecule has 7 heteroatoms. The fraction of sp³-hybridized carbons (Fsp3) is 0.410. The zero-order valence-electron chi connectivity index (χ0n) is 27.9. The number of aromatic nitrogens is 1. The highest BCUT2D eigenvalue weighted by Crippen LogP contribution is 2.34. The SMILES string of the molecule is CC(C)(C)Oc1ccc(C(CC(=O)O)NC(=O)c2cc3ccc(Oc4ccc(C(C)(C)C)cc4)cc3c(CC3CCCC3)n2)cc1. The molecule has 1 fully saturated rings. The molecule has 1 unspecified atom stereocenters. The van der Waals surface area contributed by atoms with Crippen molar-refractivity contribution in [2.75, 3.05) is 0 Å². The van der Waals surface area contributed by atoms with E-state index < -0.39 is 17.9 Å². The summed E-state index contributed by atoms with van der Waals surface area (Å²) in [6.45, 7) is 12.5. The van der Waals surface area contributed by atoms with Crippen LogP contribution in [0.1, 0.15) is 107 Å². The molecule has 1 aliphatic carbocycles. The van der Waals surface area contributed by atoms with Crippen LogP contribution in [0.3, 0.4) is 0 Å². The average Bonchev–Trinajstić information content (AvgIpc) is 3.49. The van der Waals surface area contributed by atoms with E-state index in [1.165, 1.54) is 18.4 Å². The molecule has 1 aromatic heterocycles. The van der Waals surface area contributed by atoms with Gasteiger partial charge in [0.05, 0.1) is 12.5 Å². The van der Waals surface area contributed by atoms with Crippen molar-refractivity contribution in [1.82, 2.24) is 10.3 Å². The standard InChI is InChI=1S/C39H46N2O5/c1-38(2,3)28-14-19-29(20-15-28)45-31-18-13-27-22-35(40-34(32(27)23-31)21-25-9-7-8-10-25)37(44)41-33(24-36(42)43)26-11-16-30(17-12-26)46-39(4,5)6/h11-20,22-23,25,33H,7-10,21,24H2,1-6H3,(H,41,44)(H,42,43). The second-order valence-corrected chi connectivity index (χ2v) is 14.5. The maximum Gasteiger partial charge on any atom is 0.305 e. The number of hydrogen-bond donors (Lipinski definition) is 2. The molecule has 0 spiro atoms. The number of carbonyl (C=O) groups is 2. The molecule has 1 saturated carbocycles. The van der Waals surface area contributed by atoms with E-state index >= 15 is 0 Å². The Balaban J connectivity index is 1.42. The fourth-order valence-corrected chi connectivity index (χ4v) is 6.06. The van der Waals surface area contributed by atoms with Crippen LogP contribution in [0, 0.1) is 5.92 Å². The van der Waals surface area contributed by atoms with Crippen molar-refractivity contribution < 1.29 is 24.2 Å². The summed E-state index contributed by atoms with van der Waals surface area (Å²) in [4.78, 5) is 30.4. The second-order valence-electron chi connectivity index (χ2n) is 14.5. The molecule has 7 nitrogen and oxygen atoms in total. The normalized spacial score (nSPS) is 14.7. The third-order valence-electron chi connectivity index (χ3n) is 8.42. The molecule has 242 valence electrons. The van der Waals surface area contributed by atoms with Gasteiger partial charge in [-0.05, 0) is 97.5 Å². The number of carbonyl (C=O) groups excluding carboxylic acids is 1. The summed E-state index contributed by atoms with van der Waals surface area (Å²) in [6.07, 6.45) is 5.22. The first-order valence-corrected chi connectivity index (χ1v) is 16.3. The van der Waals surface area contributed by atoms with Gasteiger partial charge in [0, 0.05) is 11.1 Å². The lowest BCUT2D eigenvalue weighted by atomic mass is 9.87. The minimum absolute atomic E-state index is 0.0611. The van der Waals surface area contributed by atoms with Crippen LogP contribution in [0.4, 0.5) is 0 Å². The highest BCUT2D eigenvalue weighted by atomic mass is 16.5. The predicted molar refractivity (Wildman–Crippen MR) is 182 cm³/mol. The van der Waals surface area contributed by atoms with Crippen LogP contribution in [0.15, 0.2) is 72.8 Å². The summed E-state index contributed by atoms with van der Waals surface area (Å²) in [7, 11) is 0. The van der Waals surface area contributed by atoms with Gasteiger partial charge < -0.3 is 19.9 Å². The lowest BCUT2D eigenvalue weighted by Crippen LogP contribution is -2.31. The number of fused-ring (bicyclic) bond motifs is 1. The number of pyridine rings is 1. The summed E-state index contributed by atoms with van der Waals surface area (Å²) in [5.74, 6) is 1.25. The summed E-state index contributed by atoms with van der Waals surface area (Å²) in [5.41, 5.74) is 2.76. The lowest BCUT2D eigenvalue weighted by molar-refractivity contribution is -0.137. The smallest absolute Gasteiger partial charge is 0.305 e. The molecule has 1 atom stereocenters. The number of ether oxygens (including phenoxy) is 2. The number of carboxylic acids is 1. The van der Waals surface area contributed by atoms with E-state index in [1.54, 1.807) is 30.3 Å². The zero-order chi connectivity index (χ0) is 33.1. The first-order chi connectivity index (χ1) is 21.7. The van der Waals surface area contributed by atoms with Crippen LogP contribution in [0.2, 0.25) is 0 Å². The predicted octanol–water partition coefficient (Wildman–Crippen LogP) is 9.18. The molecule has 2 N–H and O–H groups in total. The Morgan fingerprint density at radius 1 is 0.870 bits per heavy atom. The first-order valence-electron chi connectivity index (χ1n) is 16.3. The van der Waals surface area contributed by atoms with E-state index in [9.17, 15) is 14.7 Å². The van der Waals surface area contributed by atoms with Crippen molar-refractivity contribution in [3.63, 3.8) is 0 Å². The summed E-state index contributed by atoms with van der Waals surface area (Å²) in [6, 6.07) is 22.3. The van der Waals surface area contributed by atoms with Crippen LogP contribution in [0.25, 0.3) is 10.8 Å². The molecule has 1 amide bonds. The van der Waals surface area contributed by atoms with Gasteiger partial charge >= 0.3 is 5.97 Å². The molecular weight excluding hydrogens is 576 g/mol. The molecule has 0 saturated heterocycles. The lowest BCUT2D eigenvalue weighted by Gasteiger charge is -2.22. The molecule has 46 heavy (non-hydrogen) atoms. The van der Waals surface area contributed by atoms with Gasteiger partial charge in [0.15, 0.2) is 0 Å². The van der Waals surface area contributed by atoms with E-state index in [1.807, 2.05) is 51.1 Å². The number of hydrogen-bond acceptors (Lipinski definition) is 5. The van der Waals surface area contributed by atoms with Crippen LogP contribution < -0.4 is 14.8 Å². The van der Waals surface area contributed by atoms with E-state index in [-0.39, 0.29) is 23.1 Å². The number of rotatable bonds is 10. The van der Waals surface area contributed by atoms with Crippen molar-refractivity contribution in [3.8, 4) is 17.2 Å². The fourth-order valence-electron chi connectivity index (χ4n) is 6.06. The van der Waals surface area contributed by atoms with Gasteiger partial charge in [-0.3, -0.25) is 9.59 Å². The van der Waals surface area contributed by atoms with Crippen LogP contribution in [0.5, 0.6) is 17.2 Å². The zero-order valence-corrected chi connectivity index (χ0v) is 27.9. The number of nitrogens with zero attached hydrogens (tertiary/aromatic N) is 1. The molecule has 4 aromatic rings. The Labute approximate surface area is 272 Å². The van der Waals surface area contributed by atoms with Gasteiger partial charge in [0.1, 0.15) is 28.5 Å². The Morgan fingerprint density at radius 3 is 2.11 bits per heavy atom. The van der Waals surface area contributed by atoms with Crippen molar-refractivity contribution in [1.29, 1.82) is 0 Å². The van der Waals surface area contributed by atoms with Crippen molar-refractivity contribution >= 4 is 22.6 Å². The van der Waals surface area contributed by atoms with E-state index in [2.05, 4.69) is 38.2 Å². The number of benzene rings is 3. The van der Waals surface area contributed by atoms with Gasteiger partial charge in [0.25, 0.3) is 5.91 Å². The monoisotopic (exact) mass is 622 g/mol. The topological polar surface area (TPSA) is 97.8 Å². The molecular formula is C39H46N2O5. The molecule has 5 rings (SSSR count). The summed E-state index contributed by atoms with van der Waals surface area (Å²) in [5, 5.41) is 14.5. The Hall–Kier alpha value is -4.39. The minimum Gasteiger partial charge on any atom is -0.488 e. The van der Waals surface area contributed by atoms with Crippen LogP contribution >= 0.6 is 0 Å². The maximum absolute atomic E-state index is 13.7. The molecule has 3 aromatic carbocycles. The quantitative estimate of drug-likeness (QED) is 0.183. The number of aliphatic carboxylic acids is 1. The van der Waals surface area contributed by atoms with Crippen molar-refractivity contribution in [2.45, 2.75) is 97.1 Å². The van der Waals surface area contributed by atoms with Crippen LogP contribution in [-0.2, 0) is 16.6 Å². The van der Waals surface area contributed by atoms with Crippen LogP contribution in [-0.4, -0.2) is 27.6 Å². The largest absolute Gasteiger partial charge is 0.488 e. The van der Waals surface area contributed by atoms with Gasteiger partial charge in [-0.15, -0.1) is 0 Å².